The maximum absolute atomic E-state index is 8.66. The first kappa shape index (κ1) is 12.1. The second-order valence-corrected chi connectivity index (χ2v) is 3.23. The van der Waals surface area contributed by atoms with Crippen molar-refractivity contribution in [3.8, 4) is 0 Å². The molecule has 5 heteroatoms. The lowest BCUT2D eigenvalue weighted by Crippen LogP contribution is -2.05. The van der Waals surface area contributed by atoms with Crippen molar-refractivity contribution in [2.24, 2.45) is 0 Å². The number of aryl methyl sites for hydroxylation is 1. The van der Waals surface area contributed by atoms with E-state index in [2.05, 4.69) is 10.1 Å². The topological polar surface area (TPSA) is 68.4 Å². The van der Waals surface area contributed by atoms with Gasteiger partial charge < -0.3 is 14.4 Å². The summed E-state index contributed by atoms with van der Waals surface area (Å²) in [6.07, 6.45) is 2.01. The first-order chi connectivity index (χ1) is 7.31. The van der Waals surface area contributed by atoms with Gasteiger partial charge in [0.2, 0.25) is 11.7 Å². The zero-order valence-electron chi connectivity index (χ0n) is 9.27. The van der Waals surface area contributed by atoms with E-state index in [1.54, 1.807) is 0 Å². The van der Waals surface area contributed by atoms with E-state index in [0.717, 1.165) is 6.42 Å². The van der Waals surface area contributed by atoms with Crippen molar-refractivity contribution in [1.29, 1.82) is 0 Å². The molecule has 0 aliphatic carbocycles. The molecule has 1 N–H and O–H groups in total. The smallest absolute Gasteiger partial charge is 0.226 e. The molecule has 0 amide bonds. The lowest BCUT2D eigenvalue weighted by Gasteiger charge is -2.09. The Morgan fingerprint density at radius 3 is 2.87 bits per heavy atom. The van der Waals surface area contributed by atoms with Gasteiger partial charge in [-0.05, 0) is 19.8 Å². The first-order valence-electron chi connectivity index (χ1n) is 5.36. The standard InChI is InChI=1S/C10H18N2O3/c1-3-8(14-4-2)10-11-9(15-12-10)6-5-7-13/h8,13H,3-7H2,1-2H3. The number of ether oxygens (including phenoxy) is 1. The fourth-order valence-corrected chi connectivity index (χ4v) is 1.31. The fraction of sp³-hybridized carbons (Fsp3) is 0.800. The van der Waals surface area contributed by atoms with Crippen molar-refractivity contribution in [3.63, 3.8) is 0 Å². The molecule has 0 radical (unpaired) electrons. The predicted octanol–water partition coefficient (Wildman–Crippen LogP) is 1.48. The lowest BCUT2D eigenvalue weighted by atomic mass is 10.2. The molecule has 1 aromatic heterocycles. The quantitative estimate of drug-likeness (QED) is 0.744. The van der Waals surface area contributed by atoms with Gasteiger partial charge in [-0.3, -0.25) is 0 Å². The highest BCUT2D eigenvalue weighted by Crippen LogP contribution is 2.17. The SMILES string of the molecule is CCOC(CC)c1noc(CCCO)n1. The van der Waals surface area contributed by atoms with Gasteiger partial charge in [-0.2, -0.15) is 4.98 Å². The minimum atomic E-state index is -0.0818. The summed E-state index contributed by atoms with van der Waals surface area (Å²) in [4.78, 5) is 4.22. The van der Waals surface area contributed by atoms with Crippen LogP contribution in [0.1, 0.15) is 44.5 Å². The molecule has 15 heavy (non-hydrogen) atoms. The molecule has 1 unspecified atom stereocenters. The van der Waals surface area contributed by atoms with Crippen molar-refractivity contribution in [2.45, 2.75) is 39.2 Å². The van der Waals surface area contributed by atoms with Gasteiger partial charge >= 0.3 is 0 Å². The minimum Gasteiger partial charge on any atom is -0.396 e. The number of aliphatic hydroxyl groups is 1. The molecule has 0 aromatic carbocycles. The third-order valence-corrected chi connectivity index (χ3v) is 2.06. The Hall–Kier alpha value is -0.940. The molecule has 0 aliphatic heterocycles. The van der Waals surface area contributed by atoms with E-state index in [1.807, 2.05) is 13.8 Å². The van der Waals surface area contributed by atoms with Crippen LogP contribution >= 0.6 is 0 Å². The number of hydrogen-bond donors (Lipinski definition) is 1. The summed E-state index contributed by atoms with van der Waals surface area (Å²) < 4.78 is 10.5. The van der Waals surface area contributed by atoms with Crippen molar-refractivity contribution >= 4 is 0 Å². The summed E-state index contributed by atoms with van der Waals surface area (Å²) >= 11 is 0. The van der Waals surface area contributed by atoms with Gasteiger partial charge in [0, 0.05) is 19.6 Å². The summed E-state index contributed by atoms with van der Waals surface area (Å²) in [6, 6.07) is 0. The van der Waals surface area contributed by atoms with Crippen molar-refractivity contribution in [2.75, 3.05) is 13.2 Å². The highest BCUT2D eigenvalue weighted by Gasteiger charge is 2.16. The van der Waals surface area contributed by atoms with Crippen LogP contribution in [0.25, 0.3) is 0 Å². The number of hydrogen-bond acceptors (Lipinski definition) is 5. The average molecular weight is 214 g/mol. The maximum atomic E-state index is 8.66. The highest BCUT2D eigenvalue weighted by molar-refractivity contribution is 4.91. The van der Waals surface area contributed by atoms with Crippen molar-refractivity contribution in [3.05, 3.63) is 11.7 Å². The van der Waals surface area contributed by atoms with E-state index in [4.69, 9.17) is 14.4 Å². The molecule has 1 heterocycles. The van der Waals surface area contributed by atoms with Crippen LogP contribution in [0.15, 0.2) is 4.52 Å². The fourth-order valence-electron chi connectivity index (χ4n) is 1.31. The summed E-state index contributed by atoms with van der Waals surface area (Å²) in [5, 5.41) is 12.5. The van der Waals surface area contributed by atoms with Crippen LogP contribution in [0.4, 0.5) is 0 Å². The van der Waals surface area contributed by atoms with E-state index in [9.17, 15) is 0 Å². The molecular formula is C10H18N2O3. The van der Waals surface area contributed by atoms with Crippen LogP contribution in [0.5, 0.6) is 0 Å². The second-order valence-electron chi connectivity index (χ2n) is 3.23. The van der Waals surface area contributed by atoms with Gasteiger partial charge in [0.1, 0.15) is 6.10 Å². The van der Waals surface area contributed by atoms with E-state index < -0.39 is 0 Å². The monoisotopic (exact) mass is 214 g/mol. The van der Waals surface area contributed by atoms with Crippen LogP contribution in [0, 0.1) is 0 Å². The van der Waals surface area contributed by atoms with Gasteiger partial charge in [0.25, 0.3) is 0 Å². The zero-order valence-corrected chi connectivity index (χ0v) is 9.27. The van der Waals surface area contributed by atoms with Gasteiger partial charge in [0.15, 0.2) is 0 Å². The summed E-state index contributed by atoms with van der Waals surface area (Å²) in [7, 11) is 0. The Morgan fingerprint density at radius 1 is 1.47 bits per heavy atom. The molecule has 0 saturated heterocycles. The summed E-state index contributed by atoms with van der Waals surface area (Å²) in [6.45, 7) is 4.74. The Balaban J connectivity index is 2.56. The molecule has 1 rings (SSSR count). The molecule has 5 nitrogen and oxygen atoms in total. The zero-order chi connectivity index (χ0) is 11.1. The molecule has 1 aromatic rings. The molecule has 1 atom stereocenters. The Kier molecular flexibility index (Phi) is 5.28. The molecule has 0 saturated carbocycles. The highest BCUT2D eigenvalue weighted by atomic mass is 16.5. The Labute approximate surface area is 89.4 Å². The average Bonchev–Trinajstić information content (AvgIpc) is 2.71. The molecule has 86 valence electrons. The van der Waals surface area contributed by atoms with Crippen LogP contribution in [-0.2, 0) is 11.2 Å². The van der Waals surface area contributed by atoms with Gasteiger partial charge in [-0.1, -0.05) is 12.1 Å². The summed E-state index contributed by atoms with van der Waals surface area (Å²) in [5.74, 6) is 1.17. The summed E-state index contributed by atoms with van der Waals surface area (Å²) in [5.41, 5.74) is 0. The molecule has 0 bridgehead atoms. The maximum Gasteiger partial charge on any atom is 0.226 e. The molecule has 0 aliphatic rings. The Bertz CT molecular complexity index is 275. The van der Waals surface area contributed by atoms with Gasteiger partial charge in [-0.25, -0.2) is 0 Å². The lowest BCUT2D eigenvalue weighted by molar-refractivity contribution is 0.0518. The number of aromatic nitrogens is 2. The van der Waals surface area contributed by atoms with Crippen LogP contribution in [0.3, 0.4) is 0 Å². The third kappa shape index (κ3) is 3.60. The van der Waals surface area contributed by atoms with Gasteiger partial charge in [-0.15, -0.1) is 0 Å². The number of aliphatic hydroxyl groups excluding tert-OH is 1. The van der Waals surface area contributed by atoms with E-state index >= 15 is 0 Å². The number of nitrogens with zero attached hydrogens (tertiary/aromatic N) is 2. The van der Waals surface area contributed by atoms with E-state index in [-0.39, 0.29) is 12.7 Å². The Morgan fingerprint density at radius 2 is 2.27 bits per heavy atom. The van der Waals surface area contributed by atoms with Crippen molar-refractivity contribution in [1.82, 2.24) is 10.1 Å². The second kappa shape index (κ2) is 6.53. The van der Waals surface area contributed by atoms with Crippen LogP contribution in [0.2, 0.25) is 0 Å². The largest absolute Gasteiger partial charge is 0.396 e. The van der Waals surface area contributed by atoms with Crippen molar-refractivity contribution < 1.29 is 14.4 Å². The van der Waals surface area contributed by atoms with E-state index in [0.29, 0.717) is 31.2 Å². The molecule has 0 fully saturated rings. The minimum absolute atomic E-state index is 0.0818. The normalized spacial score (nSPS) is 13.0. The molecule has 0 spiro atoms. The van der Waals surface area contributed by atoms with Gasteiger partial charge in [0.05, 0.1) is 0 Å². The third-order valence-electron chi connectivity index (χ3n) is 2.06. The van der Waals surface area contributed by atoms with Crippen LogP contribution in [-0.4, -0.2) is 28.5 Å². The molecular weight excluding hydrogens is 196 g/mol. The first-order valence-corrected chi connectivity index (χ1v) is 5.36. The van der Waals surface area contributed by atoms with Crippen LogP contribution < -0.4 is 0 Å². The van der Waals surface area contributed by atoms with E-state index in [1.165, 1.54) is 0 Å². The predicted molar refractivity (Wildman–Crippen MR) is 54.4 cm³/mol. The number of rotatable bonds is 7.